The Morgan fingerprint density at radius 3 is 2.27 bits per heavy atom. The number of aliphatic hydroxyl groups excluding tert-OH is 2. The third-order valence-corrected chi connectivity index (χ3v) is 10.7. The van der Waals surface area contributed by atoms with E-state index < -0.39 is 88.6 Å². The van der Waals surface area contributed by atoms with E-state index >= 15 is 0 Å². The Morgan fingerprint density at radius 1 is 1.00 bits per heavy atom. The molecule has 2 heterocycles. The quantitative estimate of drug-likeness (QED) is 0.213. The maximum absolute atomic E-state index is 13.6. The van der Waals surface area contributed by atoms with E-state index in [1.54, 1.807) is 13.8 Å². The average molecular weight is 639 g/mol. The Morgan fingerprint density at radius 2 is 1.64 bits per heavy atom. The fraction of sp³-hybridized carbons (Fsp3) is 0.774. The van der Waals surface area contributed by atoms with Crippen molar-refractivity contribution in [1.82, 2.24) is 0 Å². The number of Topliss-reactive ketones (excluding diaryl/α,β-unsaturated/α-hetero) is 1. The minimum atomic E-state index is -2.29. The van der Waals surface area contributed by atoms with Gasteiger partial charge < -0.3 is 43.4 Å². The molecule has 4 fully saturated rings. The minimum absolute atomic E-state index is 0.0299. The molecule has 2 aliphatic heterocycles. The second-order valence-electron chi connectivity index (χ2n) is 13.0. The number of esters is 2. The van der Waals surface area contributed by atoms with Crippen molar-refractivity contribution in [3.8, 4) is 0 Å². The Hall–Kier alpha value is -3.23. The van der Waals surface area contributed by atoms with Gasteiger partial charge >= 0.3 is 24.2 Å². The molecule has 2 bridgehead atoms. The van der Waals surface area contributed by atoms with Crippen molar-refractivity contribution in [2.75, 3.05) is 26.9 Å². The molecule has 2 saturated heterocycles. The van der Waals surface area contributed by atoms with Crippen molar-refractivity contribution in [3.05, 3.63) is 11.3 Å². The molecule has 250 valence electrons. The number of fused-ring (bicyclic) bond motifs is 2. The zero-order valence-corrected chi connectivity index (χ0v) is 26.2. The van der Waals surface area contributed by atoms with Gasteiger partial charge in [-0.2, -0.15) is 0 Å². The fourth-order valence-corrected chi connectivity index (χ4v) is 8.83. The van der Waals surface area contributed by atoms with Crippen LogP contribution in [0.2, 0.25) is 0 Å². The van der Waals surface area contributed by atoms with E-state index in [0.717, 1.165) is 20.0 Å². The van der Waals surface area contributed by atoms with E-state index in [-0.39, 0.29) is 38.4 Å². The van der Waals surface area contributed by atoms with Gasteiger partial charge in [-0.15, -0.1) is 0 Å². The van der Waals surface area contributed by atoms with Gasteiger partial charge in [0.2, 0.25) is 11.7 Å². The molecule has 0 aromatic heterocycles. The van der Waals surface area contributed by atoms with Gasteiger partial charge in [-0.05, 0) is 43.1 Å². The Balaban J connectivity index is 1.58. The summed E-state index contributed by atoms with van der Waals surface area (Å²) in [6.07, 6.45) is -5.97. The van der Waals surface area contributed by atoms with Gasteiger partial charge in [-0.25, -0.2) is 19.2 Å². The van der Waals surface area contributed by atoms with Crippen molar-refractivity contribution < 1.29 is 67.3 Å². The molecule has 5 aliphatic rings. The molecule has 0 radical (unpaired) electrons. The normalized spacial score (nSPS) is 39.7. The largest absolute Gasteiger partial charge is 0.513 e. The van der Waals surface area contributed by atoms with Crippen LogP contribution in [-0.2, 0) is 47.5 Å². The molecular formula is C31H42O14. The summed E-state index contributed by atoms with van der Waals surface area (Å²) in [5.41, 5.74) is -4.40. The summed E-state index contributed by atoms with van der Waals surface area (Å²) in [6.45, 7) is 7.11. The number of hydrogen-bond acceptors (Lipinski definition) is 14. The first-order valence-electron chi connectivity index (χ1n) is 15.6. The molecule has 0 aromatic carbocycles. The van der Waals surface area contributed by atoms with Crippen LogP contribution >= 0.6 is 0 Å². The molecule has 2 saturated carbocycles. The van der Waals surface area contributed by atoms with E-state index in [1.807, 2.05) is 13.8 Å². The van der Waals surface area contributed by atoms with Crippen LogP contribution in [0.15, 0.2) is 11.3 Å². The number of hydrogen-bond donors (Lipinski definition) is 2. The van der Waals surface area contributed by atoms with Crippen LogP contribution in [0, 0.1) is 28.6 Å². The van der Waals surface area contributed by atoms with Crippen LogP contribution in [0.4, 0.5) is 9.59 Å². The van der Waals surface area contributed by atoms with E-state index in [9.17, 15) is 34.2 Å². The summed E-state index contributed by atoms with van der Waals surface area (Å²) in [7, 11) is 1.07. The third-order valence-electron chi connectivity index (χ3n) is 10.7. The number of carbonyl (C=O) groups excluding carboxylic acids is 5. The maximum Gasteiger partial charge on any atom is 0.513 e. The van der Waals surface area contributed by atoms with Crippen LogP contribution in [-0.4, -0.2) is 97.2 Å². The Bertz CT molecular complexity index is 1280. The number of methoxy groups -OCH3 is 1. The predicted molar refractivity (Wildman–Crippen MR) is 149 cm³/mol. The first-order valence-corrected chi connectivity index (χ1v) is 15.6. The summed E-state index contributed by atoms with van der Waals surface area (Å²) < 4.78 is 38.2. The van der Waals surface area contributed by atoms with Gasteiger partial charge in [0.15, 0.2) is 11.5 Å². The fourth-order valence-electron chi connectivity index (χ4n) is 8.83. The molecule has 14 nitrogen and oxygen atoms in total. The summed E-state index contributed by atoms with van der Waals surface area (Å²) in [4.78, 5) is 65.9. The third kappa shape index (κ3) is 4.82. The topological polar surface area (TPSA) is 190 Å². The van der Waals surface area contributed by atoms with E-state index in [0.29, 0.717) is 18.4 Å². The number of aliphatic hydroxyl groups is 2. The van der Waals surface area contributed by atoms with Gasteiger partial charge in [0, 0.05) is 17.8 Å². The molecule has 5 rings (SSSR count). The van der Waals surface area contributed by atoms with Crippen molar-refractivity contribution in [2.24, 2.45) is 28.6 Å². The highest BCUT2D eigenvalue weighted by Crippen LogP contribution is 2.72. The van der Waals surface area contributed by atoms with Crippen molar-refractivity contribution >= 4 is 30.0 Å². The first-order chi connectivity index (χ1) is 21.3. The van der Waals surface area contributed by atoms with Gasteiger partial charge in [0.25, 0.3) is 0 Å². The van der Waals surface area contributed by atoms with E-state index in [1.165, 1.54) is 0 Å². The number of rotatable bonds is 9. The average Bonchev–Trinajstić information content (AvgIpc) is 3.30. The molecule has 2 N–H and O–H groups in total. The van der Waals surface area contributed by atoms with Crippen LogP contribution in [0.5, 0.6) is 0 Å². The molecule has 3 aliphatic carbocycles. The molecule has 0 aromatic rings. The highest BCUT2D eigenvalue weighted by atomic mass is 16.7. The highest BCUT2D eigenvalue weighted by Gasteiger charge is 2.85. The summed E-state index contributed by atoms with van der Waals surface area (Å²) in [6, 6.07) is 0. The summed E-state index contributed by atoms with van der Waals surface area (Å²) in [5, 5.41) is 23.6. The van der Waals surface area contributed by atoms with Gasteiger partial charge in [-0.3, -0.25) is 4.79 Å². The lowest BCUT2D eigenvalue weighted by molar-refractivity contribution is -0.289. The summed E-state index contributed by atoms with van der Waals surface area (Å²) in [5.74, 6) is -5.68. The van der Waals surface area contributed by atoms with Crippen LogP contribution in [0.3, 0.4) is 0 Å². The first kappa shape index (κ1) is 33.1. The molecule has 0 unspecified atom stereocenters. The van der Waals surface area contributed by atoms with Gasteiger partial charge in [0.1, 0.15) is 12.2 Å². The van der Waals surface area contributed by atoms with E-state index in [2.05, 4.69) is 0 Å². The molecule has 0 amide bonds. The number of allylic oxidation sites excluding steroid dienone is 2. The van der Waals surface area contributed by atoms with Crippen LogP contribution in [0.25, 0.3) is 0 Å². The molecule has 1 spiro atoms. The monoisotopic (exact) mass is 638 g/mol. The van der Waals surface area contributed by atoms with Crippen molar-refractivity contribution in [2.45, 2.75) is 96.2 Å². The van der Waals surface area contributed by atoms with Crippen molar-refractivity contribution in [3.63, 3.8) is 0 Å². The van der Waals surface area contributed by atoms with E-state index in [4.69, 9.17) is 33.2 Å². The van der Waals surface area contributed by atoms with Crippen LogP contribution in [0.1, 0.15) is 66.2 Å². The minimum Gasteiger partial charge on any atom is -0.467 e. The molecule has 14 heteroatoms. The molecular weight excluding hydrogens is 596 g/mol. The molecule has 10 atom stereocenters. The Kier molecular flexibility index (Phi) is 8.97. The number of ether oxygens (including phenoxy) is 7. The number of carbonyl (C=O) groups is 5. The highest BCUT2D eigenvalue weighted by molar-refractivity contribution is 5.97. The lowest BCUT2D eigenvalue weighted by Crippen LogP contribution is -2.79. The zero-order chi connectivity index (χ0) is 32.9. The second kappa shape index (κ2) is 12.2. The predicted octanol–water partition coefficient (Wildman–Crippen LogP) is 2.36. The smallest absolute Gasteiger partial charge is 0.467 e. The SMILES string of the molecule is CCCCOC(=O)OC1=C(C)[C@@H]2C[C@H]3OC(=O)[C@H](OC(=O)OCCCC)[C@H]4[C@]5(C(=O)OC)OC[C@]34[C@H]([C@@H](O)[C@@H]5O)[C@@]2(C)CC1=O. The van der Waals surface area contributed by atoms with Crippen LogP contribution < -0.4 is 0 Å². The second-order valence-corrected chi connectivity index (χ2v) is 13.0. The summed E-state index contributed by atoms with van der Waals surface area (Å²) >= 11 is 0. The standard InChI is InChI=1S/C31H42O14/c1-6-8-10-40-27(37)44-20-15(3)16-12-18-30-14-42-31(26(36)39-5,24(34)19(33)22(30)29(16,4)13-17(20)32)23(30)21(25(35)43-18)45-28(38)41-11-9-7-2/h16,18-19,21-24,33-34H,6-14H2,1-5H3/t16-,18+,19+,21+,22+,23+,24-,29-,30+,31-/m0/s1. The lowest BCUT2D eigenvalue weighted by Gasteiger charge is -2.67. The lowest BCUT2D eigenvalue weighted by atomic mass is 9.38. The van der Waals surface area contributed by atoms with Crippen molar-refractivity contribution in [1.29, 1.82) is 0 Å². The van der Waals surface area contributed by atoms with Gasteiger partial charge in [0.05, 0.1) is 39.0 Å². The Labute approximate surface area is 260 Å². The molecule has 45 heavy (non-hydrogen) atoms. The number of unbranched alkanes of at least 4 members (excludes halogenated alkanes) is 2. The maximum atomic E-state index is 13.6. The zero-order valence-electron chi connectivity index (χ0n) is 26.2. The van der Waals surface area contributed by atoms with Gasteiger partial charge in [-0.1, -0.05) is 33.6 Å². The number of ketones is 1.